The second kappa shape index (κ2) is 4.58. The molecule has 0 spiro atoms. The molecule has 7 heteroatoms. The number of nitrogens with two attached hydrogens (primary N) is 1. The van der Waals surface area contributed by atoms with Gasteiger partial charge in [0.1, 0.15) is 0 Å². The summed E-state index contributed by atoms with van der Waals surface area (Å²) in [4.78, 5) is 0. The first-order chi connectivity index (χ1) is 9.45. The Labute approximate surface area is 119 Å². The van der Waals surface area contributed by atoms with E-state index in [9.17, 15) is 22.7 Å². The minimum absolute atomic E-state index is 0.0457. The van der Waals surface area contributed by atoms with Crippen molar-refractivity contribution in [2.75, 3.05) is 7.11 Å². The number of methoxy groups -OCH3 is 1. The van der Waals surface area contributed by atoms with Gasteiger partial charge < -0.3 is 15.6 Å². The number of fused-ring (bicyclic) bond motifs is 1. The normalized spacial score (nSPS) is 28.1. The first-order valence-corrected chi connectivity index (χ1v) is 6.37. The van der Waals surface area contributed by atoms with Crippen LogP contribution in [-0.4, -0.2) is 24.0 Å². The number of benzene rings is 1. The molecule has 0 fully saturated rings. The maximum absolute atomic E-state index is 13.8. The third kappa shape index (κ3) is 2.19. The summed E-state index contributed by atoms with van der Waals surface area (Å²) in [5, 5.41) is 10.1. The molecule has 1 aromatic rings. The van der Waals surface area contributed by atoms with Crippen molar-refractivity contribution in [3.05, 3.63) is 29.1 Å². The molecule has 118 valence electrons. The van der Waals surface area contributed by atoms with Gasteiger partial charge in [-0.3, -0.25) is 0 Å². The summed E-state index contributed by atoms with van der Waals surface area (Å²) in [5.41, 5.74) is 1.76. The van der Waals surface area contributed by atoms with Crippen LogP contribution in [0.1, 0.15) is 37.4 Å². The number of rotatable bonds is 1. The molecule has 3 nitrogen and oxygen atoms in total. The van der Waals surface area contributed by atoms with E-state index in [1.54, 1.807) is 0 Å². The van der Waals surface area contributed by atoms with Gasteiger partial charge in [-0.05, 0) is 23.5 Å². The Kier molecular flexibility index (Phi) is 3.50. The van der Waals surface area contributed by atoms with Crippen LogP contribution in [0.3, 0.4) is 0 Å². The van der Waals surface area contributed by atoms with E-state index in [4.69, 9.17) is 10.5 Å². The molecule has 0 saturated heterocycles. The van der Waals surface area contributed by atoms with Crippen molar-refractivity contribution in [1.29, 1.82) is 0 Å². The van der Waals surface area contributed by atoms with Crippen LogP contribution < -0.4 is 10.5 Å². The molecule has 0 radical (unpaired) electrons. The lowest BCUT2D eigenvalue weighted by atomic mass is 9.63. The summed E-state index contributed by atoms with van der Waals surface area (Å²) in [6, 6.07) is 0.473. The molecule has 0 aromatic heterocycles. The fraction of sp³-hybridized carbons (Fsp3) is 0.571. The predicted octanol–water partition coefficient (Wildman–Crippen LogP) is 2.81. The maximum Gasteiger partial charge on any atom is 0.419 e. The molecule has 0 bridgehead atoms. The van der Waals surface area contributed by atoms with Crippen LogP contribution in [0.25, 0.3) is 0 Å². The van der Waals surface area contributed by atoms with Crippen LogP contribution in [0, 0.1) is 5.82 Å². The van der Waals surface area contributed by atoms with Crippen molar-refractivity contribution in [2.24, 2.45) is 5.73 Å². The number of hydrogen-bond donors (Lipinski definition) is 2. The van der Waals surface area contributed by atoms with Crippen molar-refractivity contribution in [2.45, 2.75) is 43.5 Å². The summed E-state index contributed by atoms with van der Waals surface area (Å²) in [7, 11) is 1.24. The second-order valence-corrected chi connectivity index (χ2v) is 6.01. The van der Waals surface area contributed by atoms with Gasteiger partial charge in [-0.15, -0.1) is 0 Å². The maximum atomic E-state index is 13.8. The van der Waals surface area contributed by atoms with E-state index in [2.05, 4.69) is 0 Å². The zero-order chi connectivity index (χ0) is 16.2. The van der Waals surface area contributed by atoms with Gasteiger partial charge >= 0.3 is 6.18 Å². The highest BCUT2D eigenvalue weighted by Gasteiger charge is 2.63. The highest BCUT2D eigenvalue weighted by Crippen LogP contribution is 2.54. The van der Waals surface area contributed by atoms with Gasteiger partial charge in [-0.25, -0.2) is 4.39 Å². The smallest absolute Gasteiger partial charge is 0.419 e. The average Bonchev–Trinajstić information content (AvgIpc) is 2.34. The molecule has 3 N–H and O–H groups in total. The first-order valence-electron chi connectivity index (χ1n) is 6.37. The molecular formula is C14H17F4NO2. The predicted molar refractivity (Wildman–Crippen MR) is 68.5 cm³/mol. The number of hydrogen-bond acceptors (Lipinski definition) is 3. The lowest BCUT2D eigenvalue weighted by Crippen LogP contribution is -2.59. The summed E-state index contributed by atoms with van der Waals surface area (Å²) >= 11 is 0. The monoisotopic (exact) mass is 307 g/mol. The molecule has 2 unspecified atom stereocenters. The Hall–Kier alpha value is -1.34. The largest absolute Gasteiger partial charge is 0.493 e. The molecule has 1 aliphatic carbocycles. The van der Waals surface area contributed by atoms with E-state index in [-0.39, 0.29) is 16.9 Å². The SMILES string of the molecule is COc1c(F)ccc2c1C(C)(C)CC(O)(C(F)(F)F)C2N. The van der Waals surface area contributed by atoms with E-state index in [0.29, 0.717) is 0 Å². The van der Waals surface area contributed by atoms with Gasteiger partial charge in [0.15, 0.2) is 17.2 Å². The van der Waals surface area contributed by atoms with Crippen molar-refractivity contribution in [1.82, 2.24) is 0 Å². The van der Waals surface area contributed by atoms with E-state index in [1.165, 1.54) is 27.0 Å². The number of aliphatic hydroxyl groups is 1. The van der Waals surface area contributed by atoms with Gasteiger partial charge in [0, 0.05) is 5.56 Å². The summed E-state index contributed by atoms with van der Waals surface area (Å²) in [6.45, 7) is 2.99. The Balaban J connectivity index is 2.74. The minimum atomic E-state index is -4.89. The molecule has 2 atom stereocenters. The Morgan fingerprint density at radius 1 is 1.33 bits per heavy atom. The van der Waals surface area contributed by atoms with Crippen LogP contribution in [-0.2, 0) is 5.41 Å². The Morgan fingerprint density at radius 3 is 2.38 bits per heavy atom. The number of ether oxygens (including phenoxy) is 1. The summed E-state index contributed by atoms with van der Waals surface area (Å²) < 4.78 is 58.5. The van der Waals surface area contributed by atoms with Crippen molar-refractivity contribution in [3.8, 4) is 5.75 Å². The Bertz CT molecular complexity index is 571. The molecule has 0 heterocycles. The second-order valence-electron chi connectivity index (χ2n) is 6.01. The van der Waals surface area contributed by atoms with Crippen molar-refractivity contribution < 1.29 is 27.4 Å². The van der Waals surface area contributed by atoms with E-state index in [1.807, 2.05) is 0 Å². The molecule has 1 aromatic carbocycles. The third-order valence-corrected chi connectivity index (χ3v) is 4.07. The molecule has 2 rings (SSSR count). The summed E-state index contributed by atoms with van der Waals surface area (Å²) in [6.07, 6.45) is -5.56. The highest BCUT2D eigenvalue weighted by atomic mass is 19.4. The van der Waals surface area contributed by atoms with Gasteiger partial charge in [0.2, 0.25) is 0 Å². The van der Waals surface area contributed by atoms with Crippen LogP contribution in [0.15, 0.2) is 12.1 Å². The number of alkyl halides is 3. The molecule has 0 amide bonds. The summed E-state index contributed by atoms with van der Waals surface area (Å²) in [5.74, 6) is -0.800. The van der Waals surface area contributed by atoms with Gasteiger partial charge in [-0.1, -0.05) is 19.9 Å². The number of halogens is 4. The van der Waals surface area contributed by atoms with E-state index >= 15 is 0 Å². The third-order valence-electron chi connectivity index (χ3n) is 4.07. The topological polar surface area (TPSA) is 55.5 Å². The lowest BCUT2D eigenvalue weighted by molar-refractivity contribution is -0.278. The molecular weight excluding hydrogens is 290 g/mol. The van der Waals surface area contributed by atoms with Crippen LogP contribution in [0.2, 0.25) is 0 Å². The van der Waals surface area contributed by atoms with Gasteiger partial charge in [0.25, 0.3) is 0 Å². The quantitative estimate of drug-likeness (QED) is 0.785. The lowest BCUT2D eigenvalue weighted by Gasteiger charge is -2.47. The molecule has 1 aliphatic rings. The fourth-order valence-electron chi connectivity index (χ4n) is 3.14. The average molecular weight is 307 g/mol. The first kappa shape index (κ1) is 16.0. The fourth-order valence-corrected chi connectivity index (χ4v) is 3.14. The molecule has 0 saturated carbocycles. The van der Waals surface area contributed by atoms with Gasteiger partial charge in [-0.2, -0.15) is 13.2 Å². The molecule has 0 aliphatic heterocycles. The zero-order valence-corrected chi connectivity index (χ0v) is 11.9. The van der Waals surface area contributed by atoms with Crippen LogP contribution >= 0.6 is 0 Å². The standard InChI is InChI=1S/C14H17F4NO2/c1-12(2)6-13(20,14(16,17)18)11(19)7-4-5-8(15)10(21-3)9(7)12/h4-5,11,20H,6,19H2,1-3H3. The van der Waals surface area contributed by atoms with Crippen molar-refractivity contribution in [3.63, 3.8) is 0 Å². The van der Waals surface area contributed by atoms with E-state index < -0.39 is 35.5 Å². The van der Waals surface area contributed by atoms with Crippen LogP contribution in [0.5, 0.6) is 5.75 Å². The van der Waals surface area contributed by atoms with E-state index in [0.717, 1.165) is 6.07 Å². The minimum Gasteiger partial charge on any atom is -0.493 e. The zero-order valence-electron chi connectivity index (χ0n) is 11.9. The van der Waals surface area contributed by atoms with Crippen molar-refractivity contribution >= 4 is 0 Å². The van der Waals surface area contributed by atoms with Gasteiger partial charge in [0.05, 0.1) is 13.2 Å². The highest BCUT2D eigenvalue weighted by molar-refractivity contribution is 5.51. The molecule has 21 heavy (non-hydrogen) atoms. The Morgan fingerprint density at radius 2 is 1.90 bits per heavy atom. The van der Waals surface area contributed by atoms with Crippen LogP contribution in [0.4, 0.5) is 17.6 Å².